The number of benzene rings is 1. The van der Waals surface area contributed by atoms with Crippen molar-refractivity contribution < 1.29 is 0 Å². The zero-order valence-electron chi connectivity index (χ0n) is 12.7. The molecule has 0 unspecified atom stereocenters. The Labute approximate surface area is 139 Å². The topological polar surface area (TPSA) is 41.6 Å². The van der Waals surface area contributed by atoms with Gasteiger partial charge in [0, 0.05) is 18.5 Å². The third-order valence-corrected chi connectivity index (χ3v) is 4.20. The molecule has 2 rings (SSSR count). The first kappa shape index (κ1) is 17.3. The molecule has 1 aromatic rings. The lowest BCUT2D eigenvalue weighted by Crippen LogP contribution is -2.37. The maximum atomic E-state index is 6.07. The van der Waals surface area contributed by atoms with Crippen LogP contribution in [0.2, 0.25) is 0 Å². The van der Waals surface area contributed by atoms with E-state index in [1.165, 1.54) is 24.0 Å². The van der Waals surface area contributed by atoms with Crippen molar-refractivity contribution in [3.05, 3.63) is 35.4 Å². The Hall–Kier alpha value is -0.780. The van der Waals surface area contributed by atoms with Gasteiger partial charge in [-0.3, -0.25) is 4.99 Å². The molecule has 0 bridgehead atoms. The summed E-state index contributed by atoms with van der Waals surface area (Å²) < 4.78 is 0. The first-order valence-electron chi connectivity index (χ1n) is 7.24. The highest BCUT2D eigenvalue weighted by Gasteiger charge is 2.44. The average molecular weight is 387 g/mol. The SMILES string of the molecule is CCN(CC)C(N)=NCC1(c2ccccc2C)CC1.I. The second-order valence-electron chi connectivity index (χ2n) is 5.44. The zero-order chi connectivity index (χ0) is 13.9. The van der Waals surface area contributed by atoms with Crippen molar-refractivity contribution in [2.24, 2.45) is 10.7 Å². The smallest absolute Gasteiger partial charge is 0.191 e. The van der Waals surface area contributed by atoms with E-state index in [1.807, 2.05) is 0 Å². The fraction of sp³-hybridized carbons (Fsp3) is 0.562. The predicted octanol–water partition coefficient (Wildman–Crippen LogP) is 3.30. The Bertz CT molecular complexity index is 463. The van der Waals surface area contributed by atoms with Gasteiger partial charge in [0.15, 0.2) is 5.96 Å². The molecule has 0 aromatic heterocycles. The number of guanidine groups is 1. The van der Waals surface area contributed by atoms with Gasteiger partial charge in [0.05, 0.1) is 6.54 Å². The van der Waals surface area contributed by atoms with Crippen LogP contribution in [0.1, 0.15) is 37.8 Å². The summed E-state index contributed by atoms with van der Waals surface area (Å²) in [5.74, 6) is 0.685. The summed E-state index contributed by atoms with van der Waals surface area (Å²) in [5.41, 5.74) is 9.14. The first-order valence-corrected chi connectivity index (χ1v) is 7.24. The first-order chi connectivity index (χ1) is 9.13. The van der Waals surface area contributed by atoms with Crippen LogP contribution in [-0.4, -0.2) is 30.5 Å². The summed E-state index contributed by atoms with van der Waals surface area (Å²) in [7, 11) is 0. The van der Waals surface area contributed by atoms with Gasteiger partial charge in [-0.25, -0.2) is 0 Å². The van der Waals surface area contributed by atoms with Crippen LogP contribution in [0, 0.1) is 6.92 Å². The van der Waals surface area contributed by atoms with E-state index >= 15 is 0 Å². The van der Waals surface area contributed by atoms with Crippen molar-refractivity contribution in [3.8, 4) is 0 Å². The number of halogens is 1. The van der Waals surface area contributed by atoms with Gasteiger partial charge < -0.3 is 10.6 Å². The van der Waals surface area contributed by atoms with Gasteiger partial charge in [-0.1, -0.05) is 24.3 Å². The van der Waals surface area contributed by atoms with Crippen LogP contribution in [0.25, 0.3) is 0 Å². The molecule has 3 nitrogen and oxygen atoms in total. The van der Waals surface area contributed by atoms with Crippen LogP contribution in [-0.2, 0) is 5.41 Å². The van der Waals surface area contributed by atoms with Gasteiger partial charge in [0.25, 0.3) is 0 Å². The molecule has 0 heterocycles. The second kappa shape index (κ2) is 7.29. The fourth-order valence-corrected chi connectivity index (χ4v) is 2.71. The van der Waals surface area contributed by atoms with E-state index in [4.69, 9.17) is 5.73 Å². The summed E-state index contributed by atoms with van der Waals surface area (Å²) in [5, 5.41) is 0. The minimum absolute atomic E-state index is 0. The number of nitrogens with zero attached hydrogens (tertiary/aromatic N) is 2. The van der Waals surface area contributed by atoms with Crippen molar-refractivity contribution in [1.82, 2.24) is 4.90 Å². The molecule has 112 valence electrons. The Kier molecular flexibility index (Phi) is 6.30. The number of aliphatic imine (C=N–C) groups is 1. The highest BCUT2D eigenvalue weighted by atomic mass is 127. The minimum atomic E-state index is 0. The molecule has 0 saturated heterocycles. The molecule has 20 heavy (non-hydrogen) atoms. The van der Waals surface area contributed by atoms with Crippen molar-refractivity contribution in [3.63, 3.8) is 0 Å². The largest absolute Gasteiger partial charge is 0.370 e. The molecule has 1 aromatic carbocycles. The quantitative estimate of drug-likeness (QED) is 0.479. The zero-order valence-corrected chi connectivity index (χ0v) is 15.1. The molecule has 1 saturated carbocycles. The van der Waals surface area contributed by atoms with Crippen LogP contribution >= 0.6 is 24.0 Å². The molecule has 1 fully saturated rings. The lowest BCUT2D eigenvalue weighted by molar-refractivity contribution is 0.456. The van der Waals surface area contributed by atoms with Crippen LogP contribution in [0.5, 0.6) is 0 Å². The highest BCUT2D eigenvalue weighted by molar-refractivity contribution is 14.0. The molecular formula is C16H26IN3. The summed E-state index contributed by atoms with van der Waals surface area (Å²) in [4.78, 5) is 6.74. The fourth-order valence-electron chi connectivity index (χ4n) is 2.71. The number of hydrogen-bond donors (Lipinski definition) is 1. The third kappa shape index (κ3) is 3.65. The molecule has 1 aliphatic rings. The van der Waals surface area contributed by atoms with E-state index < -0.39 is 0 Å². The van der Waals surface area contributed by atoms with E-state index in [2.05, 4.69) is 54.9 Å². The molecule has 4 heteroatoms. The summed E-state index contributed by atoms with van der Waals surface area (Å²) in [6.45, 7) is 9.07. The van der Waals surface area contributed by atoms with E-state index in [0.29, 0.717) is 5.96 Å². The van der Waals surface area contributed by atoms with Crippen LogP contribution in [0.15, 0.2) is 29.3 Å². The maximum Gasteiger partial charge on any atom is 0.191 e. The second-order valence-corrected chi connectivity index (χ2v) is 5.44. The maximum absolute atomic E-state index is 6.07. The Morgan fingerprint density at radius 2 is 1.85 bits per heavy atom. The Morgan fingerprint density at radius 1 is 1.25 bits per heavy atom. The minimum Gasteiger partial charge on any atom is -0.370 e. The van der Waals surface area contributed by atoms with Crippen molar-refractivity contribution >= 4 is 29.9 Å². The molecule has 0 aliphatic heterocycles. The monoisotopic (exact) mass is 387 g/mol. The number of rotatable bonds is 5. The van der Waals surface area contributed by atoms with E-state index in [-0.39, 0.29) is 29.4 Å². The van der Waals surface area contributed by atoms with Crippen LogP contribution in [0.4, 0.5) is 0 Å². The van der Waals surface area contributed by atoms with Gasteiger partial charge in [0.2, 0.25) is 0 Å². The lowest BCUT2D eigenvalue weighted by Gasteiger charge is -2.21. The number of hydrogen-bond acceptors (Lipinski definition) is 1. The molecule has 0 spiro atoms. The molecule has 0 radical (unpaired) electrons. The van der Waals surface area contributed by atoms with Gasteiger partial charge in [-0.05, 0) is 44.7 Å². The van der Waals surface area contributed by atoms with E-state index in [0.717, 1.165) is 19.6 Å². The van der Waals surface area contributed by atoms with Crippen LogP contribution in [0.3, 0.4) is 0 Å². The number of nitrogens with two attached hydrogens (primary N) is 1. The van der Waals surface area contributed by atoms with Crippen molar-refractivity contribution in [1.29, 1.82) is 0 Å². The molecule has 0 amide bonds. The van der Waals surface area contributed by atoms with Gasteiger partial charge in [0.1, 0.15) is 0 Å². The van der Waals surface area contributed by atoms with E-state index in [9.17, 15) is 0 Å². The van der Waals surface area contributed by atoms with Gasteiger partial charge in [-0.15, -0.1) is 24.0 Å². The normalized spacial score (nSPS) is 16.4. The highest BCUT2D eigenvalue weighted by Crippen LogP contribution is 2.49. The summed E-state index contributed by atoms with van der Waals surface area (Å²) >= 11 is 0. The lowest BCUT2D eigenvalue weighted by atomic mass is 9.92. The number of aryl methyl sites for hydroxylation is 1. The molecular weight excluding hydrogens is 361 g/mol. The molecule has 2 N–H and O–H groups in total. The molecule has 1 aliphatic carbocycles. The molecule has 0 atom stereocenters. The van der Waals surface area contributed by atoms with E-state index in [1.54, 1.807) is 0 Å². The Morgan fingerprint density at radius 3 is 2.35 bits per heavy atom. The third-order valence-electron chi connectivity index (χ3n) is 4.20. The van der Waals surface area contributed by atoms with Crippen molar-refractivity contribution in [2.75, 3.05) is 19.6 Å². The average Bonchev–Trinajstić information content (AvgIpc) is 3.19. The van der Waals surface area contributed by atoms with Gasteiger partial charge in [-0.2, -0.15) is 0 Å². The van der Waals surface area contributed by atoms with Crippen LogP contribution < -0.4 is 5.73 Å². The summed E-state index contributed by atoms with van der Waals surface area (Å²) in [6.07, 6.45) is 2.46. The summed E-state index contributed by atoms with van der Waals surface area (Å²) in [6, 6.07) is 8.65. The van der Waals surface area contributed by atoms with Crippen molar-refractivity contribution in [2.45, 2.75) is 39.0 Å². The Balaban J connectivity index is 0.00000200. The predicted molar refractivity (Wildman–Crippen MR) is 96.9 cm³/mol. The standard InChI is InChI=1S/C16H25N3.HI/c1-4-19(5-2)15(17)18-12-16(10-11-16)14-9-7-6-8-13(14)3;/h6-9H,4-5,10-12H2,1-3H3,(H2,17,18);1H. The van der Waals surface area contributed by atoms with Gasteiger partial charge >= 0.3 is 0 Å².